The molecule has 134 valence electrons. The zero-order valence-corrected chi connectivity index (χ0v) is 16.2. The molecule has 2 heteroatoms. The van der Waals surface area contributed by atoms with Gasteiger partial charge in [-0.25, -0.2) is 0 Å². The lowest BCUT2D eigenvalue weighted by molar-refractivity contribution is -0.858. The maximum Gasteiger partial charge on any atom is 0.0766 e. The second-order valence-electron chi connectivity index (χ2n) is 7.08. The Labute approximate surface area is 151 Å². The molecule has 1 aromatic carbocycles. The van der Waals surface area contributed by atoms with Crippen molar-refractivity contribution < 1.29 is 17.3 Å². The van der Waals surface area contributed by atoms with E-state index in [0.717, 1.165) is 0 Å². The third-order valence-electron chi connectivity index (χ3n) is 4.49. The molecule has 1 rings (SSSR count). The molecule has 1 N–H and O–H groups in total. The quantitative estimate of drug-likeness (QED) is 0.492. The van der Waals surface area contributed by atoms with Gasteiger partial charge in [-0.15, -0.1) is 0 Å². The lowest BCUT2D eigenvalue weighted by Gasteiger charge is -2.06. The van der Waals surface area contributed by atoms with E-state index in [2.05, 4.69) is 44.4 Å². The van der Waals surface area contributed by atoms with Gasteiger partial charge in [-0.1, -0.05) is 81.7 Å². The highest BCUT2D eigenvalue weighted by Gasteiger charge is 1.96. The highest BCUT2D eigenvalue weighted by Crippen LogP contribution is 2.12. The molecule has 0 fully saturated rings. The molecule has 1 nitrogen and oxygen atoms in total. The van der Waals surface area contributed by atoms with Crippen molar-refractivity contribution in [2.45, 2.75) is 77.0 Å². The van der Waals surface area contributed by atoms with Crippen molar-refractivity contribution in [1.82, 2.24) is 0 Å². The van der Waals surface area contributed by atoms with Gasteiger partial charge in [0.05, 0.1) is 20.6 Å². The first-order chi connectivity index (χ1) is 10.8. The van der Waals surface area contributed by atoms with Gasteiger partial charge in [-0.05, 0) is 31.2 Å². The molecule has 23 heavy (non-hydrogen) atoms. The Bertz CT molecular complexity index is 337. The Hall–Kier alpha value is -0.530. The molecule has 0 bridgehead atoms. The summed E-state index contributed by atoms with van der Waals surface area (Å²) in [7, 11) is 4.50. The lowest BCUT2D eigenvalue weighted by atomic mass is 10.0. The standard InChI is InChI=1S/C21H37N.ClH/c1-22(2)20-16-11-9-7-5-3-4-6-8-10-13-17-21-18-14-12-15-19-21;/h12,14-15,18-19H,3-11,13,16-17,20H2,1-2H3;1H. The molecule has 0 saturated heterocycles. The summed E-state index contributed by atoms with van der Waals surface area (Å²) in [5.41, 5.74) is 1.50. The summed E-state index contributed by atoms with van der Waals surface area (Å²) in [6, 6.07) is 10.9. The fraction of sp³-hybridized carbons (Fsp3) is 0.714. The van der Waals surface area contributed by atoms with E-state index in [1.54, 1.807) is 4.90 Å². The average Bonchev–Trinajstić information content (AvgIpc) is 2.52. The molecule has 0 spiro atoms. The summed E-state index contributed by atoms with van der Waals surface area (Å²) in [5.74, 6) is 0. The Morgan fingerprint density at radius 1 is 0.609 bits per heavy atom. The molecular weight excluding hydrogens is 302 g/mol. The van der Waals surface area contributed by atoms with Crippen LogP contribution in [0.3, 0.4) is 0 Å². The topological polar surface area (TPSA) is 4.44 Å². The number of unbranched alkanes of at least 4 members (excludes halogenated alkanes) is 10. The number of benzene rings is 1. The number of hydrogen-bond donors (Lipinski definition) is 1. The van der Waals surface area contributed by atoms with Crippen molar-refractivity contribution in [3.63, 3.8) is 0 Å². The molecule has 0 aromatic heterocycles. The summed E-state index contributed by atoms with van der Waals surface area (Å²) >= 11 is 0. The van der Waals surface area contributed by atoms with Crippen LogP contribution in [-0.4, -0.2) is 20.6 Å². The molecule has 0 radical (unpaired) electrons. The normalized spacial score (nSPS) is 10.7. The first-order valence-corrected chi connectivity index (χ1v) is 9.62. The lowest BCUT2D eigenvalue weighted by Crippen LogP contribution is -3.05. The van der Waals surface area contributed by atoms with E-state index in [-0.39, 0.29) is 12.4 Å². The largest absolute Gasteiger partial charge is 1.00 e. The summed E-state index contributed by atoms with van der Waals surface area (Å²) in [6.07, 6.45) is 17.0. The van der Waals surface area contributed by atoms with Crippen LogP contribution in [0.1, 0.15) is 76.2 Å². The Morgan fingerprint density at radius 2 is 1.04 bits per heavy atom. The SMILES string of the molecule is C[NH+](C)CCCCCCCCCCCCCc1ccccc1.[Cl-]. The van der Waals surface area contributed by atoms with E-state index in [9.17, 15) is 0 Å². The predicted octanol–water partition coefficient (Wildman–Crippen LogP) is 1.67. The summed E-state index contributed by atoms with van der Waals surface area (Å²) < 4.78 is 0. The molecule has 0 heterocycles. The number of halogens is 1. The van der Waals surface area contributed by atoms with Crippen LogP contribution < -0.4 is 17.3 Å². The number of quaternary nitrogens is 1. The first-order valence-electron chi connectivity index (χ1n) is 9.62. The molecule has 0 atom stereocenters. The second-order valence-corrected chi connectivity index (χ2v) is 7.08. The van der Waals surface area contributed by atoms with Crippen LogP contribution in [0.25, 0.3) is 0 Å². The maximum atomic E-state index is 2.25. The van der Waals surface area contributed by atoms with Crippen LogP contribution in [0.5, 0.6) is 0 Å². The minimum absolute atomic E-state index is 0. The van der Waals surface area contributed by atoms with Crippen LogP contribution in [0, 0.1) is 0 Å². The summed E-state index contributed by atoms with van der Waals surface area (Å²) in [6.45, 7) is 1.34. The zero-order valence-electron chi connectivity index (χ0n) is 15.5. The van der Waals surface area contributed by atoms with Gasteiger partial charge in [0, 0.05) is 0 Å². The Kier molecular flexibility index (Phi) is 16.0. The average molecular weight is 340 g/mol. The van der Waals surface area contributed by atoms with E-state index in [1.807, 2.05) is 0 Å². The van der Waals surface area contributed by atoms with Crippen LogP contribution in [0.2, 0.25) is 0 Å². The maximum absolute atomic E-state index is 2.25. The third kappa shape index (κ3) is 14.8. The van der Waals surface area contributed by atoms with E-state index >= 15 is 0 Å². The fourth-order valence-electron chi connectivity index (χ4n) is 3.04. The van der Waals surface area contributed by atoms with Gasteiger partial charge in [0.15, 0.2) is 0 Å². The molecule has 0 aliphatic heterocycles. The number of hydrogen-bond acceptors (Lipinski definition) is 0. The van der Waals surface area contributed by atoms with Crippen LogP contribution >= 0.6 is 0 Å². The number of nitrogens with one attached hydrogen (secondary N) is 1. The summed E-state index contributed by atoms with van der Waals surface area (Å²) in [4.78, 5) is 1.59. The number of aryl methyl sites for hydroxylation is 1. The van der Waals surface area contributed by atoms with E-state index in [1.165, 1.54) is 89.2 Å². The van der Waals surface area contributed by atoms with Crippen molar-refractivity contribution in [1.29, 1.82) is 0 Å². The second kappa shape index (κ2) is 16.3. The Morgan fingerprint density at radius 3 is 1.52 bits per heavy atom. The minimum atomic E-state index is 0. The van der Waals surface area contributed by atoms with Crippen molar-refractivity contribution >= 4 is 0 Å². The summed E-state index contributed by atoms with van der Waals surface area (Å²) in [5, 5.41) is 0. The number of rotatable bonds is 14. The van der Waals surface area contributed by atoms with Gasteiger partial charge in [0.25, 0.3) is 0 Å². The molecular formula is C21H38ClN. The molecule has 0 unspecified atom stereocenters. The van der Waals surface area contributed by atoms with Crippen LogP contribution in [0.4, 0.5) is 0 Å². The van der Waals surface area contributed by atoms with Gasteiger partial charge >= 0.3 is 0 Å². The van der Waals surface area contributed by atoms with Gasteiger partial charge < -0.3 is 17.3 Å². The highest BCUT2D eigenvalue weighted by atomic mass is 35.5. The van der Waals surface area contributed by atoms with Crippen molar-refractivity contribution in [2.75, 3.05) is 20.6 Å². The van der Waals surface area contributed by atoms with E-state index in [4.69, 9.17) is 0 Å². The Balaban J connectivity index is 0.00000484. The van der Waals surface area contributed by atoms with Crippen molar-refractivity contribution in [3.05, 3.63) is 35.9 Å². The monoisotopic (exact) mass is 339 g/mol. The van der Waals surface area contributed by atoms with Crippen molar-refractivity contribution in [2.24, 2.45) is 0 Å². The molecule has 0 saturated carbocycles. The van der Waals surface area contributed by atoms with Crippen molar-refractivity contribution in [3.8, 4) is 0 Å². The first kappa shape index (κ1) is 22.5. The third-order valence-corrected chi connectivity index (χ3v) is 4.49. The zero-order chi connectivity index (χ0) is 15.9. The fourth-order valence-corrected chi connectivity index (χ4v) is 3.04. The van der Waals surface area contributed by atoms with Crippen LogP contribution in [0.15, 0.2) is 30.3 Å². The molecule has 1 aromatic rings. The molecule has 0 aliphatic carbocycles. The van der Waals surface area contributed by atoms with E-state index in [0.29, 0.717) is 0 Å². The van der Waals surface area contributed by atoms with Gasteiger partial charge in [-0.2, -0.15) is 0 Å². The highest BCUT2D eigenvalue weighted by molar-refractivity contribution is 5.14. The van der Waals surface area contributed by atoms with Crippen LogP contribution in [-0.2, 0) is 6.42 Å². The van der Waals surface area contributed by atoms with Gasteiger partial charge in [0.1, 0.15) is 0 Å². The minimum Gasteiger partial charge on any atom is -1.00 e. The molecule has 0 amide bonds. The smallest absolute Gasteiger partial charge is 0.0766 e. The van der Waals surface area contributed by atoms with Gasteiger partial charge in [0.2, 0.25) is 0 Å². The van der Waals surface area contributed by atoms with Gasteiger partial charge in [-0.3, -0.25) is 0 Å². The molecule has 0 aliphatic rings. The van der Waals surface area contributed by atoms with E-state index < -0.39 is 0 Å². The predicted molar refractivity (Wildman–Crippen MR) is 98.6 cm³/mol.